The molecule has 0 atom stereocenters. The Morgan fingerprint density at radius 1 is 1.19 bits per heavy atom. The minimum Gasteiger partial charge on any atom is -0.462 e. The van der Waals surface area contributed by atoms with Crippen LogP contribution in [0, 0.1) is 10.1 Å². The number of carbonyl (C=O) groups excluding carboxylic acids is 3. The van der Waals surface area contributed by atoms with Gasteiger partial charge in [0.15, 0.2) is 6.61 Å². The molecular formula is C20H19ClN2O7S. The molecule has 0 aliphatic heterocycles. The van der Waals surface area contributed by atoms with Crippen LogP contribution >= 0.6 is 22.9 Å². The Labute approximate surface area is 186 Å². The Kier molecular flexibility index (Phi) is 7.24. The quantitative estimate of drug-likeness (QED) is 0.369. The van der Waals surface area contributed by atoms with Crippen molar-refractivity contribution >= 4 is 51.5 Å². The molecule has 0 fully saturated rings. The van der Waals surface area contributed by atoms with Gasteiger partial charge in [0.2, 0.25) is 0 Å². The fourth-order valence-electron chi connectivity index (χ4n) is 3.23. The number of nitro benzene ring substituents is 1. The van der Waals surface area contributed by atoms with Crippen molar-refractivity contribution in [3.05, 3.63) is 54.9 Å². The first-order valence-electron chi connectivity index (χ1n) is 9.54. The zero-order valence-electron chi connectivity index (χ0n) is 16.6. The zero-order valence-corrected chi connectivity index (χ0v) is 18.1. The van der Waals surface area contributed by atoms with Crippen molar-refractivity contribution in [3.8, 4) is 0 Å². The molecule has 0 spiro atoms. The molecule has 11 heteroatoms. The van der Waals surface area contributed by atoms with Gasteiger partial charge in [-0.2, -0.15) is 0 Å². The number of halogens is 1. The topological polar surface area (TPSA) is 125 Å². The van der Waals surface area contributed by atoms with Gasteiger partial charge in [-0.15, -0.1) is 11.3 Å². The molecule has 164 valence electrons. The van der Waals surface area contributed by atoms with E-state index in [-0.39, 0.29) is 22.9 Å². The Bertz CT molecular complexity index is 1050. The van der Waals surface area contributed by atoms with Gasteiger partial charge in [-0.3, -0.25) is 14.9 Å². The van der Waals surface area contributed by atoms with Gasteiger partial charge in [-0.25, -0.2) is 9.59 Å². The van der Waals surface area contributed by atoms with E-state index < -0.39 is 29.4 Å². The van der Waals surface area contributed by atoms with Crippen LogP contribution in [0.2, 0.25) is 5.02 Å². The first kappa shape index (κ1) is 22.7. The van der Waals surface area contributed by atoms with Gasteiger partial charge >= 0.3 is 11.9 Å². The first-order chi connectivity index (χ1) is 14.8. The SMILES string of the molecule is CCOC(=O)c1c(NC(=O)COC(=O)c2cc([N+](=O)[O-])ccc2Cl)sc2c1CCCC2. The predicted octanol–water partition coefficient (Wildman–Crippen LogP) is 4.16. The molecule has 0 saturated heterocycles. The molecule has 1 aromatic carbocycles. The van der Waals surface area contributed by atoms with E-state index >= 15 is 0 Å². The highest BCUT2D eigenvalue weighted by Gasteiger charge is 2.27. The molecule has 3 rings (SSSR count). The van der Waals surface area contributed by atoms with E-state index in [9.17, 15) is 24.5 Å². The standard InChI is InChI=1S/C20H19ClN2O7S/c1-2-29-20(26)17-12-5-3-4-6-15(12)31-18(17)22-16(24)10-30-19(25)13-9-11(23(27)28)7-8-14(13)21/h7-9H,2-6,10H2,1H3,(H,22,24). The normalized spacial score (nSPS) is 12.6. The minimum absolute atomic E-state index is 0.0356. The summed E-state index contributed by atoms with van der Waals surface area (Å²) in [7, 11) is 0. The number of fused-ring (bicyclic) bond motifs is 1. The predicted molar refractivity (Wildman–Crippen MR) is 114 cm³/mol. The summed E-state index contributed by atoms with van der Waals surface area (Å²) in [4.78, 5) is 48.3. The van der Waals surface area contributed by atoms with Crippen LogP contribution in [0.5, 0.6) is 0 Å². The Hall–Kier alpha value is -2.98. The molecule has 9 nitrogen and oxygen atoms in total. The van der Waals surface area contributed by atoms with Gasteiger partial charge in [-0.05, 0) is 44.2 Å². The Morgan fingerprint density at radius 2 is 1.94 bits per heavy atom. The Morgan fingerprint density at radius 3 is 2.65 bits per heavy atom. The third-order valence-electron chi connectivity index (χ3n) is 4.62. The van der Waals surface area contributed by atoms with Gasteiger partial charge in [0.05, 0.1) is 27.7 Å². The van der Waals surface area contributed by atoms with E-state index in [2.05, 4.69) is 5.32 Å². The van der Waals surface area contributed by atoms with E-state index in [0.29, 0.717) is 10.6 Å². The van der Waals surface area contributed by atoms with Crippen molar-refractivity contribution in [3.63, 3.8) is 0 Å². The molecule has 0 radical (unpaired) electrons. The number of carbonyl (C=O) groups is 3. The maximum atomic E-state index is 12.4. The fourth-order valence-corrected chi connectivity index (χ4v) is 4.72. The van der Waals surface area contributed by atoms with Gasteiger partial charge in [-0.1, -0.05) is 11.6 Å². The molecule has 1 aliphatic rings. The smallest absolute Gasteiger partial charge is 0.341 e. The van der Waals surface area contributed by atoms with Crippen molar-refractivity contribution in [1.29, 1.82) is 0 Å². The van der Waals surface area contributed by atoms with Gasteiger partial charge in [0.25, 0.3) is 11.6 Å². The number of benzene rings is 1. The summed E-state index contributed by atoms with van der Waals surface area (Å²) < 4.78 is 10.1. The van der Waals surface area contributed by atoms with E-state index in [1.54, 1.807) is 6.92 Å². The monoisotopic (exact) mass is 466 g/mol. The number of nitrogens with one attached hydrogen (secondary N) is 1. The van der Waals surface area contributed by atoms with E-state index in [4.69, 9.17) is 21.1 Å². The maximum absolute atomic E-state index is 12.4. The number of nitrogens with zero attached hydrogens (tertiary/aromatic N) is 1. The molecule has 1 N–H and O–H groups in total. The van der Waals surface area contributed by atoms with E-state index in [0.717, 1.165) is 48.3 Å². The number of hydrogen-bond acceptors (Lipinski definition) is 8. The lowest BCUT2D eigenvalue weighted by molar-refractivity contribution is -0.384. The van der Waals surface area contributed by atoms with Crippen LogP contribution in [-0.2, 0) is 27.1 Å². The fraction of sp³-hybridized carbons (Fsp3) is 0.350. The lowest BCUT2D eigenvalue weighted by atomic mass is 9.95. The highest BCUT2D eigenvalue weighted by atomic mass is 35.5. The number of ether oxygens (including phenoxy) is 2. The molecule has 1 aliphatic carbocycles. The van der Waals surface area contributed by atoms with Crippen molar-refractivity contribution in [2.75, 3.05) is 18.5 Å². The molecule has 1 aromatic heterocycles. The molecule has 0 bridgehead atoms. The molecule has 1 amide bonds. The summed E-state index contributed by atoms with van der Waals surface area (Å²) in [5, 5.41) is 13.8. The number of esters is 2. The molecule has 1 heterocycles. The van der Waals surface area contributed by atoms with Crippen LogP contribution in [0.25, 0.3) is 0 Å². The summed E-state index contributed by atoms with van der Waals surface area (Å²) in [6.07, 6.45) is 3.51. The third-order valence-corrected chi connectivity index (χ3v) is 6.16. The van der Waals surface area contributed by atoms with Crippen molar-refractivity contribution in [2.45, 2.75) is 32.6 Å². The van der Waals surface area contributed by atoms with Crippen molar-refractivity contribution in [1.82, 2.24) is 0 Å². The van der Waals surface area contributed by atoms with E-state index in [1.165, 1.54) is 17.4 Å². The van der Waals surface area contributed by atoms with Gasteiger partial charge in [0, 0.05) is 17.0 Å². The number of non-ortho nitro benzene ring substituents is 1. The van der Waals surface area contributed by atoms with Crippen molar-refractivity contribution < 1.29 is 28.8 Å². The average Bonchev–Trinajstić information content (AvgIpc) is 3.10. The van der Waals surface area contributed by atoms with Crippen LogP contribution in [0.15, 0.2) is 18.2 Å². The van der Waals surface area contributed by atoms with Crippen LogP contribution < -0.4 is 5.32 Å². The van der Waals surface area contributed by atoms with Crippen LogP contribution in [0.4, 0.5) is 10.7 Å². The largest absolute Gasteiger partial charge is 0.462 e. The second-order valence-electron chi connectivity index (χ2n) is 6.68. The second-order valence-corrected chi connectivity index (χ2v) is 8.19. The zero-order chi connectivity index (χ0) is 22.5. The van der Waals surface area contributed by atoms with Crippen molar-refractivity contribution in [2.24, 2.45) is 0 Å². The highest BCUT2D eigenvalue weighted by molar-refractivity contribution is 7.17. The first-order valence-corrected chi connectivity index (χ1v) is 10.7. The lowest BCUT2D eigenvalue weighted by Gasteiger charge is -2.12. The molecule has 0 saturated carbocycles. The number of hydrogen-bond donors (Lipinski definition) is 1. The van der Waals surface area contributed by atoms with Gasteiger partial charge in [0.1, 0.15) is 5.00 Å². The summed E-state index contributed by atoms with van der Waals surface area (Å²) in [6, 6.07) is 3.34. The molecule has 2 aromatic rings. The van der Waals surface area contributed by atoms with Crippen LogP contribution in [0.3, 0.4) is 0 Å². The summed E-state index contributed by atoms with van der Waals surface area (Å²) in [5.41, 5.74) is 0.694. The second kappa shape index (κ2) is 9.88. The maximum Gasteiger partial charge on any atom is 0.341 e. The number of aryl methyl sites for hydroxylation is 1. The number of anilines is 1. The summed E-state index contributed by atoms with van der Waals surface area (Å²) in [6.45, 7) is 1.26. The van der Waals surface area contributed by atoms with Crippen LogP contribution in [0.1, 0.15) is 50.9 Å². The lowest BCUT2D eigenvalue weighted by Crippen LogP contribution is -2.22. The number of amides is 1. The van der Waals surface area contributed by atoms with Crippen LogP contribution in [-0.4, -0.2) is 36.0 Å². The minimum atomic E-state index is -0.972. The van der Waals surface area contributed by atoms with E-state index in [1.807, 2.05) is 0 Å². The number of rotatable bonds is 7. The summed E-state index contributed by atoms with van der Waals surface area (Å²) in [5.74, 6) is -2.13. The highest BCUT2D eigenvalue weighted by Crippen LogP contribution is 2.38. The molecular weight excluding hydrogens is 448 g/mol. The summed E-state index contributed by atoms with van der Waals surface area (Å²) >= 11 is 7.22. The third kappa shape index (κ3) is 5.20. The molecule has 0 unspecified atom stereocenters. The number of thiophene rings is 1. The number of nitro groups is 1. The average molecular weight is 467 g/mol. The van der Waals surface area contributed by atoms with Gasteiger partial charge < -0.3 is 14.8 Å². The molecule has 31 heavy (non-hydrogen) atoms. The Balaban J connectivity index is 1.71.